The van der Waals surface area contributed by atoms with E-state index >= 15 is 0 Å². The minimum Gasteiger partial charge on any atom is -0.381 e. The number of benzene rings is 1. The maximum absolute atomic E-state index is 13.7. The fraction of sp³-hybridized carbons (Fsp3) is 0.533. The molecule has 0 aromatic heterocycles. The zero-order chi connectivity index (χ0) is 16.9. The molecule has 1 heterocycles. The van der Waals surface area contributed by atoms with E-state index in [-0.39, 0.29) is 0 Å². The Hall–Kier alpha value is -1.83. The van der Waals surface area contributed by atoms with Crippen molar-refractivity contribution < 1.29 is 27.1 Å². The summed E-state index contributed by atoms with van der Waals surface area (Å²) in [5.74, 6) is -1.00. The fourth-order valence-corrected chi connectivity index (χ4v) is 2.42. The van der Waals surface area contributed by atoms with Crippen molar-refractivity contribution in [3.63, 3.8) is 0 Å². The molecule has 8 heteroatoms. The predicted molar refractivity (Wildman–Crippen MR) is 76.6 cm³/mol. The van der Waals surface area contributed by atoms with Gasteiger partial charge in [0.05, 0.1) is 11.3 Å². The number of carbonyl (C=O) groups excluding carboxylic acids is 1. The van der Waals surface area contributed by atoms with E-state index in [1.54, 1.807) is 0 Å². The van der Waals surface area contributed by atoms with E-state index in [2.05, 4.69) is 10.6 Å². The van der Waals surface area contributed by atoms with E-state index in [1.807, 2.05) is 0 Å². The van der Waals surface area contributed by atoms with E-state index in [0.717, 1.165) is 44.6 Å². The van der Waals surface area contributed by atoms with Gasteiger partial charge in [-0.15, -0.1) is 0 Å². The number of rotatable bonds is 5. The van der Waals surface area contributed by atoms with Crippen molar-refractivity contribution in [1.29, 1.82) is 0 Å². The number of hydrogen-bond donors (Lipinski definition) is 2. The van der Waals surface area contributed by atoms with E-state index in [0.29, 0.717) is 18.5 Å². The highest BCUT2D eigenvalue weighted by Crippen LogP contribution is 2.33. The number of anilines is 1. The van der Waals surface area contributed by atoms with E-state index in [4.69, 9.17) is 4.74 Å². The number of ether oxygens (including phenoxy) is 1. The molecular weight excluding hydrogens is 316 g/mol. The standard InChI is InChI=1S/C15H18F4N2O2/c16-13-11(15(17,18)19)4-1-5-12(13)21-14(22)20-7-2-3-10-6-8-23-9-10/h1,4-5,10H,2-3,6-9H2,(H2,20,21,22)/t10-/m0/s1. The molecule has 1 aliphatic heterocycles. The lowest BCUT2D eigenvalue weighted by molar-refractivity contribution is -0.139. The quantitative estimate of drug-likeness (QED) is 0.636. The van der Waals surface area contributed by atoms with Crippen molar-refractivity contribution >= 4 is 11.7 Å². The van der Waals surface area contributed by atoms with Crippen molar-refractivity contribution in [3.8, 4) is 0 Å². The number of urea groups is 1. The van der Waals surface area contributed by atoms with Crippen LogP contribution in [-0.4, -0.2) is 25.8 Å². The highest BCUT2D eigenvalue weighted by atomic mass is 19.4. The first-order chi connectivity index (χ1) is 10.9. The molecule has 2 amide bonds. The van der Waals surface area contributed by atoms with Crippen LogP contribution in [0, 0.1) is 11.7 Å². The molecule has 23 heavy (non-hydrogen) atoms. The summed E-state index contributed by atoms with van der Waals surface area (Å²) in [6.07, 6.45) is -2.17. The number of hydrogen-bond acceptors (Lipinski definition) is 2. The van der Waals surface area contributed by atoms with E-state index in [1.165, 1.54) is 0 Å². The summed E-state index contributed by atoms with van der Waals surface area (Å²) in [6, 6.07) is 2.02. The molecule has 0 unspecified atom stereocenters. The van der Waals surface area contributed by atoms with E-state index in [9.17, 15) is 22.4 Å². The Morgan fingerprint density at radius 1 is 1.35 bits per heavy atom. The summed E-state index contributed by atoms with van der Waals surface area (Å²) < 4.78 is 56.7. The number of nitrogens with one attached hydrogen (secondary N) is 2. The molecule has 1 saturated heterocycles. The van der Waals surface area contributed by atoms with Crippen molar-refractivity contribution in [2.24, 2.45) is 5.92 Å². The first kappa shape index (κ1) is 17.5. The number of alkyl halides is 3. The molecule has 1 aromatic rings. The average molecular weight is 334 g/mol. The Morgan fingerprint density at radius 2 is 2.13 bits per heavy atom. The van der Waals surface area contributed by atoms with Crippen LogP contribution in [0.2, 0.25) is 0 Å². The summed E-state index contributed by atoms with van der Waals surface area (Å²) in [4.78, 5) is 11.6. The zero-order valence-corrected chi connectivity index (χ0v) is 12.4. The Balaban J connectivity index is 1.80. The Bertz CT molecular complexity index is 543. The molecule has 4 nitrogen and oxygen atoms in total. The lowest BCUT2D eigenvalue weighted by Gasteiger charge is -2.13. The first-order valence-corrected chi connectivity index (χ1v) is 7.36. The minimum absolute atomic E-state index is 0.364. The van der Waals surface area contributed by atoms with Crippen LogP contribution >= 0.6 is 0 Å². The Kier molecular flexibility index (Phi) is 5.81. The molecule has 1 aliphatic rings. The topological polar surface area (TPSA) is 50.4 Å². The highest BCUT2D eigenvalue weighted by Gasteiger charge is 2.35. The van der Waals surface area contributed by atoms with Gasteiger partial charge in [0.2, 0.25) is 0 Å². The predicted octanol–water partition coefficient (Wildman–Crippen LogP) is 3.78. The van der Waals surface area contributed by atoms with Crippen LogP contribution in [0.4, 0.5) is 28.0 Å². The van der Waals surface area contributed by atoms with Gasteiger partial charge in [-0.2, -0.15) is 13.2 Å². The average Bonchev–Trinajstić information content (AvgIpc) is 2.98. The van der Waals surface area contributed by atoms with Gasteiger partial charge >= 0.3 is 12.2 Å². The second kappa shape index (κ2) is 7.63. The fourth-order valence-electron chi connectivity index (χ4n) is 2.42. The normalized spacial score (nSPS) is 18.0. The van der Waals surface area contributed by atoms with Gasteiger partial charge in [0.15, 0.2) is 5.82 Å². The molecular formula is C15H18F4N2O2. The number of halogens is 4. The zero-order valence-electron chi connectivity index (χ0n) is 12.4. The van der Waals surface area contributed by atoms with Crippen LogP contribution in [0.3, 0.4) is 0 Å². The van der Waals surface area contributed by atoms with Crippen LogP contribution in [0.15, 0.2) is 18.2 Å². The minimum atomic E-state index is -4.80. The summed E-state index contributed by atoms with van der Waals surface area (Å²) >= 11 is 0. The third-order valence-corrected chi connectivity index (χ3v) is 3.65. The molecule has 1 fully saturated rings. The van der Waals surface area contributed by atoms with Crippen molar-refractivity contribution in [1.82, 2.24) is 5.32 Å². The van der Waals surface area contributed by atoms with Crippen molar-refractivity contribution in [2.45, 2.75) is 25.4 Å². The largest absolute Gasteiger partial charge is 0.419 e. The molecule has 2 N–H and O–H groups in total. The molecule has 1 atom stereocenters. The van der Waals surface area contributed by atoms with Gasteiger partial charge in [-0.3, -0.25) is 0 Å². The molecule has 1 aromatic carbocycles. The highest BCUT2D eigenvalue weighted by molar-refractivity contribution is 5.89. The van der Waals surface area contributed by atoms with E-state index < -0.39 is 29.3 Å². The lowest BCUT2D eigenvalue weighted by Crippen LogP contribution is -2.30. The SMILES string of the molecule is O=C(NCCC[C@H]1CCOC1)Nc1cccc(C(F)(F)F)c1F. The Labute approximate surface area is 131 Å². The summed E-state index contributed by atoms with van der Waals surface area (Å²) in [5, 5.41) is 4.60. The van der Waals surface area contributed by atoms with Gasteiger partial charge in [0.1, 0.15) is 0 Å². The van der Waals surface area contributed by atoms with Crippen molar-refractivity contribution in [2.75, 3.05) is 25.1 Å². The maximum atomic E-state index is 13.7. The van der Waals surface area contributed by atoms with Crippen LogP contribution in [0.25, 0.3) is 0 Å². The van der Waals surface area contributed by atoms with Gasteiger partial charge in [-0.05, 0) is 37.3 Å². The van der Waals surface area contributed by atoms with Gasteiger partial charge in [0, 0.05) is 19.8 Å². The second-order valence-corrected chi connectivity index (χ2v) is 5.42. The molecule has 128 valence electrons. The lowest BCUT2D eigenvalue weighted by atomic mass is 10.0. The van der Waals surface area contributed by atoms with Crippen LogP contribution in [0.5, 0.6) is 0 Å². The summed E-state index contributed by atoms with van der Waals surface area (Å²) in [7, 11) is 0. The molecule has 0 saturated carbocycles. The number of amides is 2. The third-order valence-electron chi connectivity index (χ3n) is 3.65. The van der Waals surface area contributed by atoms with Crippen molar-refractivity contribution in [3.05, 3.63) is 29.6 Å². The first-order valence-electron chi connectivity index (χ1n) is 7.36. The molecule has 0 aliphatic carbocycles. The summed E-state index contributed by atoms with van der Waals surface area (Å²) in [5.41, 5.74) is -1.90. The molecule has 0 spiro atoms. The summed E-state index contributed by atoms with van der Waals surface area (Å²) in [6.45, 7) is 1.85. The number of carbonyl (C=O) groups is 1. The molecule has 0 radical (unpaired) electrons. The Morgan fingerprint density at radius 3 is 2.78 bits per heavy atom. The molecule has 0 bridgehead atoms. The van der Waals surface area contributed by atoms with Gasteiger partial charge in [-0.1, -0.05) is 6.07 Å². The van der Waals surface area contributed by atoms with Crippen LogP contribution in [-0.2, 0) is 10.9 Å². The maximum Gasteiger partial charge on any atom is 0.419 e. The van der Waals surface area contributed by atoms with Crippen LogP contribution in [0.1, 0.15) is 24.8 Å². The van der Waals surface area contributed by atoms with Gasteiger partial charge in [0.25, 0.3) is 0 Å². The second-order valence-electron chi connectivity index (χ2n) is 5.42. The van der Waals surface area contributed by atoms with Gasteiger partial charge in [-0.25, -0.2) is 9.18 Å². The monoisotopic (exact) mass is 334 g/mol. The smallest absolute Gasteiger partial charge is 0.381 e. The third kappa shape index (κ3) is 5.09. The molecule has 2 rings (SSSR count). The van der Waals surface area contributed by atoms with Gasteiger partial charge < -0.3 is 15.4 Å². The van der Waals surface area contributed by atoms with Crippen LogP contribution < -0.4 is 10.6 Å².